The first kappa shape index (κ1) is 23.5. The highest BCUT2D eigenvalue weighted by Gasteiger charge is 2.62. The molecule has 0 aliphatic heterocycles. The van der Waals surface area contributed by atoms with E-state index in [4.69, 9.17) is 0 Å². The van der Waals surface area contributed by atoms with Crippen LogP contribution in [-0.2, 0) is 9.59 Å². The van der Waals surface area contributed by atoms with Crippen LogP contribution in [0.15, 0.2) is 47.1 Å². The summed E-state index contributed by atoms with van der Waals surface area (Å²) < 4.78 is 0. The van der Waals surface area contributed by atoms with Gasteiger partial charge in [-0.05, 0) is 91.2 Å². The van der Waals surface area contributed by atoms with E-state index < -0.39 is 5.60 Å². The Morgan fingerprint density at radius 3 is 2.59 bits per heavy atom. The lowest BCUT2D eigenvalue weighted by atomic mass is 9.50. The summed E-state index contributed by atoms with van der Waals surface area (Å²) in [7, 11) is 4.12. The minimum absolute atomic E-state index is 0.221. The van der Waals surface area contributed by atoms with Crippen LogP contribution in [0.4, 0.5) is 5.69 Å². The summed E-state index contributed by atoms with van der Waals surface area (Å²) in [6.45, 7) is 4.58. The lowest BCUT2D eigenvalue weighted by molar-refractivity contribution is -0.116. The molecule has 0 aromatic heterocycles. The van der Waals surface area contributed by atoms with E-state index in [0.717, 1.165) is 38.4 Å². The van der Waals surface area contributed by atoms with Gasteiger partial charge in [-0.1, -0.05) is 31.6 Å². The Hall–Kier alpha value is -2.20. The van der Waals surface area contributed by atoms with Gasteiger partial charge in [-0.15, -0.1) is 0 Å². The number of benzene rings is 1. The quantitative estimate of drug-likeness (QED) is 0.579. The largest absolute Gasteiger partial charge is 0.389 e. The Morgan fingerprint density at radius 2 is 1.91 bits per heavy atom. The van der Waals surface area contributed by atoms with E-state index in [0.29, 0.717) is 37.0 Å². The Balaban J connectivity index is 1.66. The number of carbonyl (C=O) groups is 2. The molecule has 5 rings (SSSR count). The van der Waals surface area contributed by atoms with Gasteiger partial charge >= 0.3 is 0 Å². The van der Waals surface area contributed by atoms with Crippen molar-refractivity contribution in [3.05, 3.63) is 52.6 Å². The molecule has 6 atom stereocenters. The molecule has 182 valence electrons. The van der Waals surface area contributed by atoms with E-state index in [2.05, 4.69) is 57.1 Å². The molecule has 1 N–H and O–H groups in total. The highest BCUT2D eigenvalue weighted by molar-refractivity contribution is 5.93. The molecular formula is C30H39NO3. The minimum Gasteiger partial charge on any atom is -0.389 e. The van der Waals surface area contributed by atoms with Gasteiger partial charge in [0.15, 0.2) is 5.78 Å². The lowest BCUT2D eigenvalue weighted by Crippen LogP contribution is -2.52. The van der Waals surface area contributed by atoms with Gasteiger partial charge in [0.05, 0.1) is 5.60 Å². The summed E-state index contributed by atoms with van der Waals surface area (Å²) >= 11 is 0. The van der Waals surface area contributed by atoms with Crippen LogP contribution >= 0.6 is 0 Å². The molecule has 1 aromatic rings. The highest BCUT2D eigenvalue weighted by Crippen LogP contribution is 2.68. The molecule has 0 heterocycles. The molecule has 0 saturated heterocycles. The van der Waals surface area contributed by atoms with Crippen LogP contribution in [0, 0.1) is 23.2 Å². The smallest absolute Gasteiger partial charge is 0.156 e. The van der Waals surface area contributed by atoms with Crippen LogP contribution in [0.1, 0.15) is 76.7 Å². The van der Waals surface area contributed by atoms with E-state index >= 15 is 0 Å². The second-order valence-electron chi connectivity index (χ2n) is 11.8. The number of hydrogen-bond donors (Lipinski definition) is 1. The number of hydrogen-bond acceptors (Lipinski definition) is 4. The monoisotopic (exact) mass is 461 g/mol. The zero-order valence-electron chi connectivity index (χ0n) is 21.1. The Morgan fingerprint density at radius 1 is 1.18 bits per heavy atom. The maximum Gasteiger partial charge on any atom is 0.156 e. The minimum atomic E-state index is -0.793. The van der Waals surface area contributed by atoms with Crippen molar-refractivity contribution in [1.82, 2.24) is 0 Å². The fourth-order valence-corrected chi connectivity index (χ4v) is 8.06. The van der Waals surface area contributed by atoms with E-state index in [-0.39, 0.29) is 17.1 Å². The average molecular weight is 462 g/mol. The van der Waals surface area contributed by atoms with Crippen molar-refractivity contribution < 1.29 is 14.7 Å². The molecule has 2 fully saturated rings. The number of aliphatic hydroxyl groups is 1. The van der Waals surface area contributed by atoms with Crippen LogP contribution in [0.5, 0.6) is 0 Å². The van der Waals surface area contributed by atoms with E-state index in [9.17, 15) is 14.7 Å². The summed E-state index contributed by atoms with van der Waals surface area (Å²) in [5, 5.41) is 11.9. The summed E-state index contributed by atoms with van der Waals surface area (Å²) in [4.78, 5) is 25.7. The van der Waals surface area contributed by atoms with Gasteiger partial charge in [-0.2, -0.15) is 0 Å². The number of anilines is 1. The number of aldehydes is 1. The van der Waals surface area contributed by atoms with Crippen molar-refractivity contribution in [3.8, 4) is 0 Å². The third kappa shape index (κ3) is 3.52. The lowest BCUT2D eigenvalue weighted by Gasteiger charge is -2.55. The number of allylic oxidation sites excluding steroid dienone is 4. The van der Waals surface area contributed by atoms with Crippen LogP contribution in [-0.4, -0.2) is 36.9 Å². The van der Waals surface area contributed by atoms with Crippen molar-refractivity contribution in [2.45, 2.75) is 76.7 Å². The van der Waals surface area contributed by atoms with Gasteiger partial charge < -0.3 is 14.8 Å². The first-order valence-electron chi connectivity index (χ1n) is 13.1. The average Bonchev–Trinajstić information content (AvgIpc) is 3.08. The molecule has 2 saturated carbocycles. The van der Waals surface area contributed by atoms with Crippen molar-refractivity contribution in [2.75, 3.05) is 19.0 Å². The topological polar surface area (TPSA) is 57.6 Å². The predicted molar refractivity (Wildman–Crippen MR) is 136 cm³/mol. The zero-order valence-corrected chi connectivity index (χ0v) is 21.1. The van der Waals surface area contributed by atoms with Crippen molar-refractivity contribution in [2.24, 2.45) is 23.2 Å². The summed E-state index contributed by atoms with van der Waals surface area (Å²) in [5.41, 5.74) is 5.75. The standard InChI is InChI=1S/C30H39NO3/c1-19-16-25-27-12-14-30(34,13-5-15-32)29(27,2)18-26(20-6-8-21(9-7-20)31(3)4)28(25)23-11-10-22(33)17-24(19)23/h6-9,15,17,19,25-27,34H,5,10-14,16,18H2,1-4H3/t19-,25+,26-,27+,29+,30+/m1/s1. The predicted octanol–water partition coefficient (Wildman–Crippen LogP) is 5.61. The maximum absolute atomic E-state index is 12.3. The van der Waals surface area contributed by atoms with Crippen molar-refractivity contribution >= 4 is 17.8 Å². The van der Waals surface area contributed by atoms with Gasteiger partial charge in [-0.3, -0.25) is 4.79 Å². The summed E-state index contributed by atoms with van der Waals surface area (Å²) in [6.07, 6.45) is 9.09. The number of nitrogens with zero attached hydrogens (tertiary/aromatic N) is 1. The van der Waals surface area contributed by atoms with E-state index in [1.165, 1.54) is 22.4 Å². The Labute approximate surface area is 204 Å². The highest BCUT2D eigenvalue weighted by atomic mass is 16.3. The van der Waals surface area contributed by atoms with E-state index in [1.54, 1.807) is 5.57 Å². The molecule has 0 radical (unpaired) electrons. The summed E-state index contributed by atoms with van der Waals surface area (Å²) in [5.74, 6) is 1.72. The van der Waals surface area contributed by atoms with Gasteiger partial charge in [0, 0.05) is 44.0 Å². The summed E-state index contributed by atoms with van der Waals surface area (Å²) in [6, 6.07) is 8.93. The SMILES string of the molecule is C[C@@H]1C[C@@H]2C(=C3CCC(=O)C=C31)[C@@H](c1ccc(N(C)C)cc1)C[C@@]1(C)[C@H]2CC[C@@]1(O)CCC=O. The maximum atomic E-state index is 12.3. The molecule has 0 unspecified atom stereocenters. The van der Waals surface area contributed by atoms with E-state index in [1.807, 2.05) is 6.08 Å². The van der Waals surface area contributed by atoms with Crippen LogP contribution in [0.2, 0.25) is 0 Å². The second kappa shape index (κ2) is 8.48. The molecule has 1 aromatic carbocycles. The first-order valence-corrected chi connectivity index (χ1v) is 13.1. The molecule has 4 aliphatic carbocycles. The fourth-order valence-electron chi connectivity index (χ4n) is 8.06. The molecule has 34 heavy (non-hydrogen) atoms. The first-order chi connectivity index (χ1) is 16.2. The number of carbonyl (C=O) groups excluding carboxylic acids is 2. The normalized spacial score (nSPS) is 37.0. The Bertz CT molecular complexity index is 1050. The molecule has 4 nitrogen and oxygen atoms in total. The van der Waals surface area contributed by atoms with Crippen LogP contribution in [0.3, 0.4) is 0 Å². The van der Waals surface area contributed by atoms with Crippen LogP contribution < -0.4 is 4.90 Å². The molecule has 0 amide bonds. The number of rotatable bonds is 5. The third-order valence-electron chi connectivity index (χ3n) is 9.90. The van der Waals surface area contributed by atoms with Crippen molar-refractivity contribution in [3.63, 3.8) is 0 Å². The van der Waals surface area contributed by atoms with Gasteiger partial charge in [0.25, 0.3) is 0 Å². The molecule has 0 bridgehead atoms. The fraction of sp³-hybridized carbons (Fsp3) is 0.600. The van der Waals surface area contributed by atoms with Crippen LogP contribution in [0.25, 0.3) is 0 Å². The molecule has 4 aliphatic rings. The van der Waals surface area contributed by atoms with Gasteiger partial charge in [0.2, 0.25) is 0 Å². The Kier molecular flexibility index (Phi) is 5.87. The number of fused-ring (bicyclic) bond motifs is 4. The zero-order chi connectivity index (χ0) is 24.3. The second-order valence-corrected chi connectivity index (χ2v) is 11.8. The van der Waals surface area contributed by atoms with Crippen molar-refractivity contribution in [1.29, 1.82) is 0 Å². The molecular weight excluding hydrogens is 422 g/mol. The van der Waals surface area contributed by atoms with Gasteiger partial charge in [0.1, 0.15) is 6.29 Å². The van der Waals surface area contributed by atoms with Gasteiger partial charge in [-0.25, -0.2) is 0 Å². The molecule has 4 heteroatoms. The third-order valence-corrected chi connectivity index (χ3v) is 9.90. The number of ketones is 1. The molecule has 0 spiro atoms.